The van der Waals surface area contributed by atoms with Gasteiger partial charge >= 0.3 is 0 Å². The maximum atomic E-state index is 6.84. The SMILES string of the molecule is c1ccc(-c2cccc(-c3ccc(N(c4ccc(-c5ccccc5-n5c6ccccc6c6ccccc65)cc4)c4ccccc4-c4cccc5c4oc4cc6ccccc6cc45)cc3)c2)cc1. The van der Waals surface area contributed by atoms with Gasteiger partial charge in [-0.15, -0.1) is 0 Å². The van der Waals surface area contributed by atoms with Crippen LogP contribution in [-0.2, 0) is 0 Å². The molecule has 11 aromatic carbocycles. The molecule has 3 heteroatoms. The number of aromatic nitrogens is 1. The van der Waals surface area contributed by atoms with Crippen LogP contribution in [0.15, 0.2) is 259 Å². The molecule has 67 heavy (non-hydrogen) atoms. The van der Waals surface area contributed by atoms with Gasteiger partial charge < -0.3 is 13.9 Å². The molecule has 0 saturated carbocycles. The highest BCUT2D eigenvalue weighted by Crippen LogP contribution is 2.46. The van der Waals surface area contributed by atoms with E-state index in [9.17, 15) is 0 Å². The Labute approximate surface area is 388 Å². The van der Waals surface area contributed by atoms with E-state index in [0.29, 0.717) is 0 Å². The van der Waals surface area contributed by atoms with Gasteiger partial charge in [0, 0.05) is 49.6 Å². The Bertz CT molecular complexity index is 3920. The third-order valence-electron chi connectivity index (χ3n) is 13.4. The van der Waals surface area contributed by atoms with Gasteiger partial charge in [0.15, 0.2) is 0 Å². The third kappa shape index (κ3) is 6.59. The number of fused-ring (bicyclic) bond motifs is 7. The minimum atomic E-state index is 0.880. The summed E-state index contributed by atoms with van der Waals surface area (Å²) >= 11 is 0. The van der Waals surface area contributed by atoms with Crippen LogP contribution in [0.3, 0.4) is 0 Å². The molecule has 0 N–H and O–H groups in total. The Hall–Kier alpha value is -8.92. The van der Waals surface area contributed by atoms with Gasteiger partial charge in [0.25, 0.3) is 0 Å². The highest BCUT2D eigenvalue weighted by atomic mass is 16.3. The topological polar surface area (TPSA) is 21.3 Å². The van der Waals surface area contributed by atoms with Crippen LogP contribution < -0.4 is 4.90 Å². The molecule has 0 saturated heterocycles. The molecule has 0 bridgehead atoms. The molecule has 13 aromatic rings. The second kappa shape index (κ2) is 16.0. The van der Waals surface area contributed by atoms with Gasteiger partial charge in [-0.2, -0.15) is 0 Å². The molecular formula is C64H42N2O. The van der Waals surface area contributed by atoms with Crippen molar-refractivity contribution < 1.29 is 4.42 Å². The monoisotopic (exact) mass is 854 g/mol. The van der Waals surface area contributed by atoms with E-state index in [0.717, 1.165) is 66.9 Å². The molecule has 2 heterocycles. The summed E-state index contributed by atoms with van der Waals surface area (Å²) in [4.78, 5) is 2.39. The maximum absolute atomic E-state index is 6.84. The molecule has 0 unspecified atom stereocenters. The van der Waals surface area contributed by atoms with Crippen molar-refractivity contribution in [2.24, 2.45) is 0 Å². The first kappa shape index (κ1) is 38.5. The molecule has 0 aliphatic carbocycles. The summed E-state index contributed by atoms with van der Waals surface area (Å²) in [5, 5.41) is 7.09. The molecule has 0 atom stereocenters. The summed E-state index contributed by atoms with van der Waals surface area (Å²) in [6.45, 7) is 0. The van der Waals surface area contributed by atoms with Crippen molar-refractivity contribution in [2.75, 3.05) is 4.90 Å². The standard InChI is InChI=1S/C64H42N2O/c1-2-16-43(17-3-1)46-20-14-21-47(40-46)44-32-36-50(37-33-44)65(60-29-11-9-25-55(60)56-26-15-27-57-58-41-48-18-4-5-19-49(48)42-63(58)67-64(56)57)51-38-34-45(35-39-51)52-22-6-10-28-59(52)66-61-30-12-7-23-53(61)54-24-8-13-31-62(54)66/h1-42H. The minimum Gasteiger partial charge on any atom is -0.455 e. The summed E-state index contributed by atoms with van der Waals surface area (Å²) in [5.74, 6) is 0. The van der Waals surface area contributed by atoms with Gasteiger partial charge in [0.1, 0.15) is 11.2 Å². The number of benzene rings is 11. The third-order valence-corrected chi connectivity index (χ3v) is 13.4. The number of rotatable bonds is 8. The van der Waals surface area contributed by atoms with Crippen LogP contribution in [0.1, 0.15) is 0 Å². The van der Waals surface area contributed by atoms with Gasteiger partial charge in [0.05, 0.1) is 22.4 Å². The summed E-state index contributed by atoms with van der Waals surface area (Å²) in [6, 6.07) is 91.8. The molecule has 0 fully saturated rings. The van der Waals surface area contributed by atoms with Crippen LogP contribution in [0.4, 0.5) is 17.1 Å². The molecule has 0 aliphatic rings. The van der Waals surface area contributed by atoms with Crippen molar-refractivity contribution in [2.45, 2.75) is 0 Å². The molecule has 0 aliphatic heterocycles. The van der Waals surface area contributed by atoms with E-state index in [1.165, 1.54) is 54.8 Å². The summed E-state index contributed by atoms with van der Waals surface area (Å²) < 4.78 is 9.25. The van der Waals surface area contributed by atoms with E-state index in [4.69, 9.17) is 4.42 Å². The van der Waals surface area contributed by atoms with Crippen LogP contribution in [0, 0.1) is 0 Å². The molecule has 13 rings (SSSR count). The highest BCUT2D eigenvalue weighted by molar-refractivity contribution is 6.14. The second-order valence-corrected chi connectivity index (χ2v) is 17.3. The van der Waals surface area contributed by atoms with E-state index < -0.39 is 0 Å². The molecule has 0 amide bonds. The summed E-state index contributed by atoms with van der Waals surface area (Å²) in [5.41, 5.74) is 17.6. The number of anilines is 3. The molecule has 2 aromatic heterocycles. The fourth-order valence-corrected chi connectivity index (χ4v) is 10.2. The zero-order valence-electron chi connectivity index (χ0n) is 36.6. The molecule has 0 radical (unpaired) electrons. The first-order valence-corrected chi connectivity index (χ1v) is 22.9. The fraction of sp³-hybridized carbons (Fsp3) is 0. The largest absolute Gasteiger partial charge is 0.455 e. The number of hydrogen-bond donors (Lipinski definition) is 0. The summed E-state index contributed by atoms with van der Waals surface area (Å²) in [6.07, 6.45) is 0. The van der Waals surface area contributed by atoms with Gasteiger partial charge in [0.2, 0.25) is 0 Å². The number of hydrogen-bond acceptors (Lipinski definition) is 2. The summed E-state index contributed by atoms with van der Waals surface area (Å²) in [7, 11) is 0. The van der Waals surface area contributed by atoms with Crippen molar-refractivity contribution in [1.82, 2.24) is 4.57 Å². The Balaban J connectivity index is 0.956. The molecular weight excluding hydrogens is 813 g/mol. The predicted molar refractivity (Wildman–Crippen MR) is 282 cm³/mol. The van der Waals surface area contributed by atoms with Gasteiger partial charge in [-0.1, -0.05) is 188 Å². The van der Waals surface area contributed by atoms with E-state index in [2.05, 4.69) is 264 Å². The van der Waals surface area contributed by atoms with E-state index in [1.807, 2.05) is 0 Å². The van der Waals surface area contributed by atoms with Crippen molar-refractivity contribution in [1.29, 1.82) is 0 Å². The van der Waals surface area contributed by atoms with Crippen molar-refractivity contribution in [3.8, 4) is 50.2 Å². The van der Waals surface area contributed by atoms with Crippen LogP contribution in [-0.4, -0.2) is 4.57 Å². The first-order valence-electron chi connectivity index (χ1n) is 22.9. The van der Waals surface area contributed by atoms with E-state index >= 15 is 0 Å². The van der Waals surface area contributed by atoms with Crippen molar-refractivity contribution in [3.05, 3.63) is 255 Å². The molecule has 0 spiro atoms. The number of nitrogens with zero attached hydrogens (tertiary/aromatic N) is 2. The van der Waals surface area contributed by atoms with Gasteiger partial charge in [-0.25, -0.2) is 0 Å². The minimum absolute atomic E-state index is 0.880. The van der Waals surface area contributed by atoms with Crippen LogP contribution in [0.5, 0.6) is 0 Å². The lowest BCUT2D eigenvalue weighted by molar-refractivity contribution is 0.670. The average Bonchev–Trinajstić information content (AvgIpc) is 3.94. The lowest BCUT2D eigenvalue weighted by Gasteiger charge is -2.28. The predicted octanol–water partition coefficient (Wildman–Crippen LogP) is 18.0. The Morgan fingerprint density at radius 1 is 0.313 bits per heavy atom. The first-order chi connectivity index (χ1) is 33.2. The van der Waals surface area contributed by atoms with Crippen LogP contribution >= 0.6 is 0 Å². The normalized spacial score (nSPS) is 11.6. The van der Waals surface area contributed by atoms with Gasteiger partial charge in [-0.05, 0) is 105 Å². The molecule has 3 nitrogen and oxygen atoms in total. The lowest BCUT2D eigenvalue weighted by Crippen LogP contribution is -2.11. The number of para-hydroxylation sites is 5. The Morgan fingerprint density at radius 2 is 0.821 bits per heavy atom. The Kier molecular flexibility index (Phi) is 9.17. The van der Waals surface area contributed by atoms with Gasteiger partial charge in [-0.3, -0.25) is 0 Å². The van der Waals surface area contributed by atoms with E-state index in [1.54, 1.807) is 0 Å². The van der Waals surface area contributed by atoms with E-state index in [-0.39, 0.29) is 0 Å². The quantitative estimate of drug-likeness (QED) is 0.152. The average molecular weight is 855 g/mol. The van der Waals surface area contributed by atoms with Crippen LogP contribution in [0.25, 0.3) is 105 Å². The molecule has 314 valence electrons. The lowest BCUT2D eigenvalue weighted by atomic mass is 9.97. The Morgan fingerprint density at radius 3 is 1.54 bits per heavy atom. The smallest absolute Gasteiger partial charge is 0.143 e. The van der Waals surface area contributed by atoms with Crippen molar-refractivity contribution in [3.63, 3.8) is 0 Å². The zero-order valence-corrected chi connectivity index (χ0v) is 36.6. The number of furan rings is 1. The maximum Gasteiger partial charge on any atom is 0.143 e. The van der Waals surface area contributed by atoms with Crippen molar-refractivity contribution >= 4 is 71.6 Å². The zero-order chi connectivity index (χ0) is 44.3. The van der Waals surface area contributed by atoms with Crippen LogP contribution in [0.2, 0.25) is 0 Å². The fourth-order valence-electron chi connectivity index (χ4n) is 10.2. The second-order valence-electron chi connectivity index (χ2n) is 17.3. The highest BCUT2D eigenvalue weighted by Gasteiger charge is 2.22.